The molecule has 0 amide bonds. The van der Waals surface area contributed by atoms with Crippen molar-refractivity contribution in [2.75, 3.05) is 13.2 Å². The number of hydrogen-bond acceptors (Lipinski definition) is 4. The van der Waals surface area contributed by atoms with Crippen molar-refractivity contribution in [3.05, 3.63) is 11.6 Å². The average molecular weight is 252 g/mol. The van der Waals surface area contributed by atoms with Crippen LogP contribution in [-0.2, 0) is 19.5 Å². The van der Waals surface area contributed by atoms with Gasteiger partial charge in [-0.2, -0.15) is 0 Å². The van der Waals surface area contributed by atoms with Crippen molar-refractivity contribution >= 4 is 0 Å². The number of rotatable bonds is 6. The lowest BCUT2D eigenvalue weighted by atomic mass is 9.90. The second kappa shape index (κ2) is 5.80. The quantitative estimate of drug-likeness (QED) is 0.796. The predicted molar refractivity (Wildman–Crippen MR) is 70.2 cm³/mol. The molecule has 0 atom stereocenters. The minimum absolute atomic E-state index is 0.125. The summed E-state index contributed by atoms with van der Waals surface area (Å²) in [6.07, 6.45) is 4.34. The van der Waals surface area contributed by atoms with Crippen molar-refractivity contribution in [1.82, 2.24) is 20.1 Å². The van der Waals surface area contributed by atoms with E-state index in [0.717, 1.165) is 44.1 Å². The van der Waals surface area contributed by atoms with Gasteiger partial charge in [0.25, 0.3) is 0 Å². The first-order valence-corrected chi connectivity index (χ1v) is 6.85. The Labute approximate surface area is 109 Å². The summed E-state index contributed by atoms with van der Waals surface area (Å²) < 4.78 is 2.25. The van der Waals surface area contributed by atoms with Crippen LogP contribution in [0.1, 0.15) is 44.8 Å². The van der Waals surface area contributed by atoms with Crippen LogP contribution in [0.3, 0.4) is 0 Å². The first-order valence-electron chi connectivity index (χ1n) is 6.85. The molecule has 18 heavy (non-hydrogen) atoms. The molecule has 0 saturated heterocycles. The zero-order valence-electron chi connectivity index (χ0n) is 11.4. The highest BCUT2D eigenvalue weighted by Gasteiger charge is 2.18. The molecule has 1 aliphatic heterocycles. The van der Waals surface area contributed by atoms with E-state index >= 15 is 0 Å². The summed E-state index contributed by atoms with van der Waals surface area (Å²) >= 11 is 0. The zero-order valence-corrected chi connectivity index (χ0v) is 11.4. The molecule has 0 saturated carbocycles. The lowest BCUT2D eigenvalue weighted by molar-refractivity contribution is 0.206. The predicted octanol–water partition coefficient (Wildman–Crippen LogP) is 1.11. The molecule has 1 aromatic rings. The fourth-order valence-electron chi connectivity index (χ4n) is 2.40. The van der Waals surface area contributed by atoms with Crippen LogP contribution >= 0.6 is 0 Å². The molecule has 0 aliphatic carbocycles. The van der Waals surface area contributed by atoms with Gasteiger partial charge in [0.1, 0.15) is 11.6 Å². The summed E-state index contributed by atoms with van der Waals surface area (Å²) in [5, 5.41) is 20.9. The number of fused-ring (bicyclic) bond motifs is 1. The molecule has 0 radical (unpaired) electrons. The van der Waals surface area contributed by atoms with Crippen LogP contribution in [0, 0.1) is 5.41 Å². The minimum Gasteiger partial charge on any atom is -0.396 e. The first-order chi connectivity index (χ1) is 8.62. The van der Waals surface area contributed by atoms with Gasteiger partial charge in [0.15, 0.2) is 0 Å². The van der Waals surface area contributed by atoms with Gasteiger partial charge in [-0.15, -0.1) is 10.2 Å². The molecule has 2 heterocycles. The molecule has 0 aromatic carbocycles. The van der Waals surface area contributed by atoms with E-state index in [9.17, 15) is 0 Å². The van der Waals surface area contributed by atoms with Gasteiger partial charge in [-0.1, -0.05) is 13.8 Å². The van der Waals surface area contributed by atoms with Crippen LogP contribution in [-0.4, -0.2) is 33.0 Å². The molecule has 5 heteroatoms. The Morgan fingerprint density at radius 1 is 1.33 bits per heavy atom. The molecule has 0 unspecified atom stereocenters. The highest BCUT2D eigenvalue weighted by atomic mass is 16.3. The van der Waals surface area contributed by atoms with Crippen LogP contribution in [0.4, 0.5) is 0 Å². The second-order valence-corrected chi connectivity index (χ2v) is 5.88. The summed E-state index contributed by atoms with van der Waals surface area (Å²) in [5.74, 6) is 2.18. The molecule has 1 aliphatic rings. The van der Waals surface area contributed by atoms with Crippen LogP contribution in [0.2, 0.25) is 0 Å². The lowest BCUT2D eigenvalue weighted by Gasteiger charge is -2.24. The number of nitrogens with one attached hydrogen (secondary N) is 1. The fourth-order valence-corrected chi connectivity index (χ4v) is 2.40. The van der Waals surface area contributed by atoms with Crippen LogP contribution < -0.4 is 5.32 Å². The average Bonchev–Trinajstić information content (AvgIpc) is 2.73. The SMILES string of the molecule is CC(C)(CCO)CNCc1nnc2n1CCCC2. The highest BCUT2D eigenvalue weighted by Crippen LogP contribution is 2.18. The van der Waals surface area contributed by atoms with Gasteiger partial charge in [-0.25, -0.2) is 0 Å². The number of hydrogen-bond donors (Lipinski definition) is 2. The zero-order chi connectivity index (χ0) is 13.0. The van der Waals surface area contributed by atoms with E-state index < -0.39 is 0 Å². The van der Waals surface area contributed by atoms with Crippen LogP contribution in [0.25, 0.3) is 0 Å². The van der Waals surface area contributed by atoms with Crippen molar-refractivity contribution < 1.29 is 5.11 Å². The van der Waals surface area contributed by atoms with E-state index in [0.29, 0.717) is 0 Å². The summed E-state index contributed by atoms with van der Waals surface area (Å²) in [4.78, 5) is 0. The van der Waals surface area contributed by atoms with Gasteiger partial charge in [-0.3, -0.25) is 0 Å². The molecular weight excluding hydrogens is 228 g/mol. The van der Waals surface area contributed by atoms with E-state index in [1.54, 1.807) is 0 Å². The number of aromatic nitrogens is 3. The van der Waals surface area contributed by atoms with E-state index in [1.165, 1.54) is 12.8 Å². The van der Waals surface area contributed by atoms with Crippen LogP contribution in [0.5, 0.6) is 0 Å². The minimum atomic E-state index is 0.125. The van der Waals surface area contributed by atoms with Crippen molar-refractivity contribution in [3.8, 4) is 0 Å². The standard InChI is InChI=1S/C13H24N4O/c1-13(2,6-8-18)10-14-9-12-16-15-11-5-3-4-7-17(11)12/h14,18H,3-10H2,1-2H3. The molecule has 0 bridgehead atoms. The Morgan fingerprint density at radius 3 is 2.94 bits per heavy atom. The third-order valence-electron chi connectivity index (χ3n) is 3.61. The highest BCUT2D eigenvalue weighted by molar-refractivity contribution is 4.98. The molecule has 5 nitrogen and oxygen atoms in total. The normalized spacial score (nSPS) is 15.7. The molecular formula is C13H24N4O. The van der Waals surface area contributed by atoms with Gasteiger partial charge >= 0.3 is 0 Å². The molecule has 102 valence electrons. The molecule has 1 aromatic heterocycles. The maximum atomic E-state index is 8.99. The largest absolute Gasteiger partial charge is 0.396 e. The molecule has 0 spiro atoms. The molecule has 2 rings (SSSR count). The number of nitrogens with zero attached hydrogens (tertiary/aromatic N) is 3. The van der Waals surface area contributed by atoms with Crippen molar-refractivity contribution in [1.29, 1.82) is 0 Å². The summed E-state index contributed by atoms with van der Waals surface area (Å²) in [6.45, 7) is 7.27. The van der Waals surface area contributed by atoms with Crippen molar-refractivity contribution in [3.63, 3.8) is 0 Å². The van der Waals surface area contributed by atoms with Gasteiger partial charge in [-0.05, 0) is 24.7 Å². The summed E-state index contributed by atoms with van der Waals surface area (Å²) in [6, 6.07) is 0. The maximum Gasteiger partial charge on any atom is 0.147 e. The van der Waals surface area contributed by atoms with Gasteiger partial charge in [0.2, 0.25) is 0 Å². The number of aliphatic hydroxyl groups is 1. The molecule has 2 N–H and O–H groups in total. The van der Waals surface area contributed by atoms with Crippen LogP contribution in [0.15, 0.2) is 0 Å². The second-order valence-electron chi connectivity index (χ2n) is 5.88. The Kier molecular flexibility index (Phi) is 4.35. The topological polar surface area (TPSA) is 63.0 Å². The van der Waals surface area contributed by atoms with E-state index in [-0.39, 0.29) is 12.0 Å². The Bertz CT molecular complexity index is 386. The van der Waals surface area contributed by atoms with Gasteiger partial charge in [0.05, 0.1) is 6.54 Å². The lowest BCUT2D eigenvalue weighted by Crippen LogP contribution is -2.31. The Balaban J connectivity index is 1.85. The Hall–Kier alpha value is -0.940. The van der Waals surface area contributed by atoms with Crippen molar-refractivity contribution in [2.45, 2.75) is 52.6 Å². The maximum absolute atomic E-state index is 8.99. The molecule has 0 fully saturated rings. The Morgan fingerprint density at radius 2 is 2.17 bits per heavy atom. The van der Waals surface area contributed by atoms with Gasteiger partial charge < -0.3 is 15.0 Å². The third-order valence-corrected chi connectivity index (χ3v) is 3.61. The summed E-state index contributed by atoms with van der Waals surface area (Å²) in [7, 11) is 0. The third kappa shape index (κ3) is 3.29. The van der Waals surface area contributed by atoms with E-state index in [1.807, 2.05) is 0 Å². The van der Waals surface area contributed by atoms with E-state index in [2.05, 4.69) is 33.9 Å². The smallest absolute Gasteiger partial charge is 0.147 e. The monoisotopic (exact) mass is 252 g/mol. The fraction of sp³-hybridized carbons (Fsp3) is 0.846. The van der Waals surface area contributed by atoms with Crippen molar-refractivity contribution in [2.24, 2.45) is 5.41 Å². The van der Waals surface area contributed by atoms with E-state index in [4.69, 9.17) is 5.11 Å². The summed E-state index contributed by atoms with van der Waals surface area (Å²) in [5.41, 5.74) is 0.125. The van der Waals surface area contributed by atoms with Gasteiger partial charge in [0, 0.05) is 26.1 Å². The number of aliphatic hydroxyl groups excluding tert-OH is 1. The first kappa shape index (κ1) is 13.5. The number of aryl methyl sites for hydroxylation is 1.